The molecule has 1 aromatic rings. The van der Waals surface area contributed by atoms with Gasteiger partial charge in [0.25, 0.3) is 0 Å². The van der Waals surface area contributed by atoms with Crippen LogP contribution in [0.3, 0.4) is 0 Å². The largest absolute Gasteiger partial charge is 0.463 e. The molecule has 1 fully saturated rings. The summed E-state index contributed by atoms with van der Waals surface area (Å²) in [5.41, 5.74) is 0.136. The second-order valence-electron chi connectivity index (χ2n) is 6.59. The van der Waals surface area contributed by atoms with Crippen molar-refractivity contribution in [3.05, 3.63) is 30.3 Å². The Morgan fingerprint density at radius 2 is 1.70 bits per heavy atom. The molecule has 1 aromatic carbocycles. The van der Waals surface area contributed by atoms with Gasteiger partial charge in [-0.2, -0.15) is 0 Å². The van der Waals surface area contributed by atoms with E-state index in [1.54, 1.807) is 12.1 Å². The van der Waals surface area contributed by atoms with Crippen molar-refractivity contribution >= 4 is 41.3 Å². The number of para-hydroxylation sites is 1. The van der Waals surface area contributed by atoms with Crippen molar-refractivity contribution in [2.45, 2.75) is 50.9 Å². The second-order valence-corrected chi connectivity index (χ2v) is 7.74. The standard InChI is InChI=1S/C20H25NO8S/c1-12(22)26-10-17-20(28-14(3)24)16(27-13(2)23)9-19(29-17)30-11-18(25)21-15-7-5-4-6-8-15/h4-8,16-17,19-20H,9-11H2,1-3H3,(H,21,25)/t16-,17-,19+,20-/m1/s1. The van der Waals surface area contributed by atoms with Gasteiger partial charge in [0.05, 0.1) is 5.75 Å². The minimum absolute atomic E-state index is 0.0882. The fraction of sp³-hybridized carbons (Fsp3) is 0.500. The number of anilines is 1. The molecule has 0 unspecified atom stereocenters. The summed E-state index contributed by atoms with van der Waals surface area (Å²) < 4.78 is 21.5. The minimum atomic E-state index is -0.930. The van der Waals surface area contributed by atoms with Crippen molar-refractivity contribution in [3.8, 4) is 0 Å². The zero-order valence-electron chi connectivity index (χ0n) is 17.0. The van der Waals surface area contributed by atoms with Crippen LogP contribution in [0.1, 0.15) is 27.2 Å². The summed E-state index contributed by atoms with van der Waals surface area (Å²) in [4.78, 5) is 46.5. The van der Waals surface area contributed by atoms with Gasteiger partial charge in [0, 0.05) is 32.9 Å². The van der Waals surface area contributed by atoms with Crippen LogP contribution in [0.2, 0.25) is 0 Å². The molecule has 4 atom stereocenters. The normalized spacial score (nSPS) is 23.2. The van der Waals surface area contributed by atoms with Gasteiger partial charge in [-0.15, -0.1) is 11.8 Å². The first-order valence-electron chi connectivity index (χ1n) is 9.34. The minimum Gasteiger partial charge on any atom is -0.463 e. The molecule has 1 saturated heterocycles. The summed E-state index contributed by atoms with van der Waals surface area (Å²) in [6.45, 7) is 3.53. The van der Waals surface area contributed by atoms with Crippen LogP contribution in [0.15, 0.2) is 30.3 Å². The van der Waals surface area contributed by atoms with Crippen LogP contribution in [0.5, 0.6) is 0 Å². The summed E-state index contributed by atoms with van der Waals surface area (Å²) in [5, 5.41) is 2.77. The van der Waals surface area contributed by atoms with Crippen LogP contribution < -0.4 is 5.32 Å². The van der Waals surface area contributed by atoms with E-state index in [9.17, 15) is 19.2 Å². The van der Waals surface area contributed by atoms with Gasteiger partial charge in [-0.05, 0) is 12.1 Å². The predicted molar refractivity (Wildman–Crippen MR) is 109 cm³/mol. The third kappa shape index (κ3) is 8.03. The summed E-state index contributed by atoms with van der Waals surface area (Å²) >= 11 is 1.21. The summed E-state index contributed by atoms with van der Waals surface area (Å²) in [6.07, 6.45) is -2.36. The van der Waals surface area contributed by atoms with E-state index in [4.69, 9.17) is 18.9 Å². The number of ether oxygens (including phenoxy) is 4. The van der Waals surface area contributed by atoms with Gasteiger partial charge in [0.1, 0.15) is 24.3 Å². The molecule has 1 N–H and O–H groups in total. The van der Waals surface area contributed by atoms with Crippen molar-refractivity contribution in [2.75, 3.05) is 17.7 Å². The lowest BCUT2D eigenvalue weighted by molar-refractivity contribution is -0.204. The van der Waals surface area contributed by atoms with E-state index in [2.05, 4.69) is 5.32 Å². The lowest BCUT2D eigenvalue weighted by atomic mass is 10.0. The fourth-order valence-electron chi connectivity index (χ4n) is 2.89. The first kappa shape index (κ1) is 23.7. The number of nitrogens with one attached hydrogen (secondary N) is 1. The number of rotatable bonds is 8. The van der Waals surface area contributed by atoms with E-state index in [0.29, 0.717) is 5.69 Å². The smallest absolute Gasteiger partial charge is 0.303 e. The number of esters is 3. The molecular formula is C20H25NO8S. The van der Waals surface area contributed by atoms with E-state index in [1.807, 2.05) is 18.2 Å². The number of amides is 1. The molecule has 0 radical (unpaired) electrons. The molecule has 0 spiro atoms. The lowest BCUT2D eigenvalue weighted by Gasteiger charge is -2.39. The van der Waals surface area contributed by atoms with Gasteiger partial charge in [0.15, 0.2) is 6.10 Å². The number of thioether (sulfide) groups is 1. The highest BCUT2D eigenvalue weighted by Gasteiger charge is 2.43. The average Bonchev–Trinajstić information content (AvgIpc) is 2.66. The quantitative estimate of drug-likeness (QED) is 0.479. The second kappa shape index (κ2) is 11.6. The molecule has 1 aliphatic rings. The molecule has 0 saturated carbocycles. The monoisotopic (exact) mass is 439 g/mol. The van der Waals surface area contributed by atoms with Gasteiger partial charge in [-0.25, -0.2) is 0 Å². The Labute approximate surface area is 178 Å². The van der Waals surface area contributed by atoms with Crippen LogP contribution in [0, 0.1) is 0 Å². The topological polar surface area (TPSA) is 117 Å². The zero-order valence-corrected chi connectivity index (χ0v) is 17.8. The van der Waals surface area contributed by atoms with E-state index in [0.717, 1.165) is 0 Å². The Morgan fingerprint density at radius 1 is 1.03 bits per heavy atom. The van der Waals surface area contributed by atoms with E-state index in [1.165, 1.54) is 32.5 Å². The number of hydrogen-bond acceptors (Lipinski definition) is 9. The third-order valence-electron chi connectivity index (χ3n) is 4.01. The predicted octanol–water partition coefficient (Wildman–Crippen LogP) is 1.90. The molecule has 10 heteroatoms. The first-order valence-corrected chi connectivity index (χ1v) is 10.4. The molecule has 0 aromatic heterocycles. The van der Waals surface area contributed by atoms with Crippen molar-refractivity contribution in [2.24, 2.45) is 0 Å². The van der Waals surface area contributed by atoms with Gasteiger partial charge >= 0.3 is 17.9 Å². The van der Waals surface area contributed by atoms with Crippen molar-refractivity contribution in [1.29, 1.82) is 0 Å². The molecule has 0 aliphatic carbocycles. The summed E-state index contributed by atoms with van der Waals surface area (Å²) in [7, 11) is 0. The highest BCUT2D eigenvalue weighted by atomic mass is 32.2. The van der Waals surface area contributed by atoms with Gasteiger partial charge in [-0.1, -0.05) is 18.2 Å². The van der Waals surface area contributed by atoms with Gasteiger partial charge in [-0.3, -0.25) is 19.2 Å². The van der Waals surface area contributed by atoms with Crippen molar-refractivity contribution in [3.63, 3.8) is 0 Å². The number of carbonyl (C=O) groups is 4. The highest BCUT2D eigenvalue weighted by molar-refractivity contribution is 8.00. The molecule has 0 bridgehead atoms. The van der Waals surface area contributed by atoms with E-state index < -0.39 is 41.7 Å². The summed E-state index contributed by atoms with van der Waals surface area (Å²) in [5.74, 6) is -1.79. The first-order chi connectivity index (χ1) is 14.2. The number of hydrogen-bond donors (Lipinski definition) is 1. The maximum Gasteiger partial charge on any atom is 0.303 e. The van der Waals surface area contributed by atoms with E-state index in [-0.39, 0.29) is 24.7 Å². The molecule has 1 heterocycles. The van der Waals surface area contributed by atoms with E-state index >= 15 is 0 Å². The van der Waals surface area contributed by atoms with Crippen LogP contribution in [0.25, 0.3) is 0 Å². The Bertz CT molecular complexity index is 756. The molecule has 164 valence electrons. The van der Waals surface area contributed by atoms with Gasteiger partial charge in [0.2, 0.25) is 5.91 Å². The highest BCUT2D eigenvalue weighted by Crippen LogP contribution is 2.32. The van der Waals surface area contributed by atoms with Crippen LogP contribution in [-0.2, 0) is 38.1 Å². The molecule has 1 amide bonds. The Kier molecular flexibility index (Phi) is 9.13. The van der Waals surface area contributed by atoms with Crippen LogP contribution in [-0.4, -0.2) is 59.9 Å². The van der Waals surface area contributed by atoms with Crippen LogP contribution in [0.4, 0.5) is 5.69 Å². The number of carbonyl (C=O) groups excluding carboxylic acids is 4. The zero-order chi connectivity index (χ0) is 22.1. The van der Waals surface area contributed by atoms with Crippen molar-refractivity contribution < 1.29 is 38.1 Å². The lowest BCUT2D eigenvalue weighted by Crippen LogP contribution is -2.53. The van der Waals surface area contributed by atoms with Gasteiger partial charge < -0.3 is 24.3 Å². The Balaban J connectivity index is 2.03. The third-order valence-corrected chi connectivity index (χ3v) is 5.12. The molecule has 2 rings (SSSR count). The molecule has 30 heavy (non-hydrogen) atoms. The molecule has 1 aliphatic heterocycles. The number of benzene rings is 1. The average molecular weight is 439 g/mol. The van der Waals surface area contributed by atoms with Crippen molar-refractivity contribution in [1.82, 2.24) is 0 Å². The SMILES string of the molecule is CC(=O)OC[C@H]1O[C@@H](SCC(=O)Nc2ccccc2)C[C@@H](OC(C)=O)[C@H]1OC(C)=O. The maximum atomic E-state index is 12.2. The maximum absolute atomic E-state index is 12.2. The molecule has 9 nitrogen and oxygen atoms in total. The fourth-order valence-corrected chi connectivity index (χ4v) is 3.85. The van der Waals surface area contributed by atoms with Crippen LogP contribution >= 0.6 is 11.8 Å². The Morgan fingerprint density at radius 3 is 2.30 bits per heavy atom. The Hall–Kier alpha value is -2.59. The summed E-state index contributed by atoms with van der Waals surface area (Å²) in [6, 6.07) is 9.01. The molecular weight excluding hydrogens is 414 g/mol.